The van der Waals surface area contributed by atoms with Gasteiger partial charge in [-0.3, -0.25) is 4.90 Å². The Bertz CT molecular complexity index is 766. The van der Waals surface area contributed by atoms with Crippen LogP contribution in [0.2, 0.25) is 0 Å². The summed E-state index contributed by atoms with van der Waals surface area (Å²) in [5.41, 5.74) is 6.08. The summed E-state index contributed by atoms with van der Waals surface area (Å²) >= 11 is 0. The number of fused-ring (bicyclic) bond motifs is 2. The van der Waals surface area contributed by atoms with Gasteiger partial charge in [0.2, 0.25) is 0 Å². The maximum Gasteiger partial charge on any atom is 0.0291 e. The van der Waals surface area contributed by atoms with Crippen LogP contribution in [0.1, 0.15) is 56.7 Å². The monoisotopic (exact) mass is 331 g/mol. The van der Waals surface area contributed by atoms with Gasteiger partial charge in [-0.05, 0) is 46.9 Å². The summed E-state index contributed by atoms with van der Waals surface area (Å²) in [7, 11) is 0. The normalized spacial score (nSPS) is 23.6. The van der Waals surface area contributed by atoms with Gasteiger partial charge in [-0.15, -0.1) is 0 Å². The van der Waals surface area contributed by atoms with Crippen LogP contribution in [0, 0.1) is 0 Å². The van der Waals surface area contributed by atoms with Crippen molar-refractivity contribution in [1.82, 2.24) is 4.90 Å². The summed E-state index contributed by atoms with van der Waals surface area (Å²) in [5.74, 6) is 0. The number of hydrogen-bond donors (Lipinski definition) is 0. The van der Waals surface area contributed by atoms with Crippen molar-refractivity contribution < 1.29 is 0 Å². The zero-order valence-electron chi connectivity index (χ0n) is 15.7. The van der Waals surface area contributed by atoms with Gasteiger partial charge >= 0.3 is 0 Å². The molecule has 25 heavy (non-hydrogen) atoms. The molecule has 0 saturated carbocycles. The summed E-state index contributed by atoms with van der Waals surface area (Å²) in [4.78, 5) is 2.71. The van der Waals surface area contributed by atoms with Crippen LogP contribution in [0.3, 0.4) is 0 Å². The van der Waals surface area contributed by atoms with Gasteiger partial charge < -0.3 is 0 Å². The fourth-order valence-corrected chi connectivity index (χ4v) is 4.36. The van der Waals surface area contributed by atoms with Crippen LogP contribution in [0.4, 0.5) is 0 Å². The van der Waals surface area contributed by atoms with Crippen molar-refractivity contribution in [2.24, 2.45) is 0 Å². The lowest BCUT2D eigenvalue weighted by Gasteiger charge is -2.34. The molecule has 1 fully saturated rings. The third-order valence-electron chi connectivity index (χ3n) is 5.85. The van der Waals surface area contributed by atoms with E-state index in [2.05, 4.69) is 86.3 Å². The second-order valence-electron chi connectivity index (χ2n) is 8.68. The Labute approximate surface area is 152 Å². The molecular formula is C24H29N. The molecule has 2 aromatic rings. The Morgan fingerprint density at radius 1 is 0.960 bits per heavy atom. The minimum atomic E-state index is 0.212. The minimum Gasteiger partial charge on any atom is -0.289 e. The van der Waals surface area contributed by atoms with E-state index in [-0.39, 0.29) is 5.41 Å². The third-order valence-corrected chi connectivity index (χ3v) is 5.85. The topological polar surface area (TPSA) is 3.24 Å². The molecule has 2 aliphatic rings. The number of hydrogen-bond acceptors (Lipinski definition) is 1. The maximum absolute atomic E-state index is 2.71. The highest BCUT2D eigenvalue weighted by Crippen LogP contribution is 2.40. The second kappa shape index (κ2) is 6.46. The first kappa shape index (κ1) is 16.6. The predicted molar refractivity (Wildman–Crippen MR) is 107 cm³/mol. The lowest BCUT2D eigenvalue weighted by atomic mass is 9.84. The van der Waals surface area contributed by atoms with Gasteiger partial charge in [0.15, 0.2) is 0 Å². The fraction of sp³-hybridized carbons (Fsp3) is 0.417. The van der Waals surface area contributed by atoms with E-state index in [1.807, 2.05) is 0 Å². The van der Waals surface area contributed by atoms with Crippen molar-refractivity contribution in [3.8, 4) is 0 Å². The molecule has 2 bridgehead atoms. The molecule has 1 nitrogen and oxygen atoms in total. The van der Waals surface area contributed by atoms with Crippen LogP contribution in [-0.2, 0) is 12.0 Å². The molecule has 0 N–H and O–H groups in total. The zero-order chi connectivity index (χ0) is 17.4. The molecule has 0 aromatic heterocycles. The minimum absolute atomic E-state index is 0.212. The highest BCUT2D eigenvalue weighted by atomic mass is 15.2. The summed E-state index contributed by atoms with van der Waals surface area (Å²) in [6.45, 7) is 7.98. The van der Waals surface area contributed by atoms with E-state index in [4.69, 9.17) is 0 Å². The standard InChI is InChI=1S/C24H29N/c1-24(2,3)21-11-7-10-19(14-21)20-15-22-12-13-23(16-20)25(22)17-18-8-5-4-6-9-18/h4-11,14-15,22-23H,12-13,16-17H2,1-3H3. The van der Waals surface area contributed by atoms with Gasteiger partial charge in [0.05, 0.1) is 0 Å². The number of nitrogens with zero attached hydrogens (tertiary/aromatic N) is 1. The maximum atomic E-state index is 2.71. The van der Waals surface area contributed by atoms with E-state index in [9.17, 15) is 0 Å². The third kappa shape index (κ3) is 3.43. The number of rotatable bonds is 3. The molecule has 1 heteroatoms. The van der Waals surface area contributed by atoms with Crippen LogP contribution in [-0.4, -0.2) is 17.0 Å². The van der Waals surface area contributed by atoms with Gasteiger partial charge in [0.1, 0.15) is 0 Å². The molecule has 2 atom stereocenters. The molecule has 2 heterocycles. The summed E-state index contributed by atoms with van der Waals surface area (Å²) < 4.78 is 0. The largest absolute Gasteiger partial charge is 0.289 e. The average Bonchev–Trinajstić information content (AvgIpc) is 2.83. The Morgan fingerprint density at radius 3 is 2.48 bits per heavy atom. The van der Waals surface area contributed by atoms with E-state index in [1.54, 1.807) is 5.57 Å². The molecule has 130 valence electrons. The van der Waals surface area contributed by atoms with Crippen LogP contribution in [0.25, 0.3) is 5.57 Å². The molecule has 2 aromatic carbocycles. The summed E-state index contributed by atoms with van der Waals surface area (Å²) in [6, 6.07) is 21.4. The van der Waals surface area contributed by atoms with Crippen LogP contribution < -0.4 is 0 Å². The first-order chi connectivity index (χ1) is 12.0. The fourth-order valence-electron chi connectivity index (χ4n) is 4.36. The molecule has 0 aliphatic carbocycles. The van der Waals surface area contributed by atoms with E-state index in [1.165, 1.54) is 36.0 Å². The molecule has 0 spiro atoms. The van der Waals surface area contributed by atoms with E-state index >= 15 is 0 Å². The number of benzene rings is 2. The van der Waals surface area contributed by atoms with Crippen molar-refractivity contribution in [2.75, 3.05) is 0 Å². The smallest absolute Gasteiger partial charge is 0.0291 e. The zero-order valence-corrected chi connectivity index (χ0v) is 15.7. The van der Waals surface area contributed by atoms with Gasteiger partial charge in [-0.2, -0.15) is 0 Å². The molecule has 4 rings (SSSR count). The lowest BCUT2D eigenvalue weighted by molar-refractivity contribution is 0.203. The second-order valence-corrected chi connectivity index (χ2v) is 8.68. The summed E-state index contributed by atoms with van der Waals surface area (Å²) in [5, 5.41) is 0. The van der Waals surface area contributed by atoms with Crippen LogP contribution >= 0.6 is 0 Å². The van der Waals surface area contributed by atoms with Crippen LogP contribution in [0.15, 0.2) is 60.7 Å². The highest BCUT2D eigenvalue weighted by Gasteiger charge is 2.36. The molecule has 2 aliphatic heterocycles. The predicted octanol–water partition coefficient (Wildman–Crippen LogP) is 5.80. The first-order valence-electron chi connectivity index (χ1n) is 9.62. The Kier molecular flexibility index (Phi) is 4.29. The lowest BCUT2D eigenvalue weighted by Crippen LogP contribution is -2.37. The SMILES string of the molecule is CC(C)(C)c1cccc(C2=CC3CCC(C2)N3Cc2ccccc2)c1. The first-order valence-corrected chi connectivity index (χ1v) is 9.62. The van der Waals surface area contributed by atoms with Crippen LogP contribution in [0.5, 0.6) is 0 Å². The highest BCUT2D eigenvalue weighted by molar-refractivity contribution is 5.68. The summed E-state index contributed by atoms with van der Waals surface area (Å²) in [6.07, 6.45) is 6.38. The van der Waals surface area contributed by atoms with Crippen molar-refractivity contribution >= 4 is 5.57 Å². The molecule has 2 unspecified atom stereocenters. The Balaban J connectivity index is 1.58. The van der Waals surface area contributed by atoms with Crippen molar-refractivity contribution in [3.63, 3.8) is 0 Å². The van der Waals surface area contributed by atoms with E-state index in [0.717, 1.165) is 6.54 Å². The van der Waals surface area contributed by atoms with Gasteiger partial charge in [-0.25, -0.2) is 0 Å². The van der Waals surface area contributed by atoms with Gasteiger partial charge in [0, 0.05) is 18.6 Å². The average molecular weight is 332 g/mol. The quantitative estimate of drug-likeness (QED) is 0.686. The van der Waals surface area contributed by atoms with Crippen molar-refractivity contribution in [3.05, 3.63) is 77.4 Å². The molecular weight excluding hydrogens is 302 g/mol. The Morgan fingerprint density at radius 2 is 1.76 bits per heavy atom. The van der Waals surface area contributed by atoms with E-state index < -0.39 is 0 Å². The van der Waals surface area contributed by atoms with Gasteiger partial charge in [-0.1, -0.05) is 81.4 Å². The molecule has 0 radical (unpaired) electrons. The van der Waals surface area contributed by atoms with Crippen molar-refractivity contribution in [1.29, 1.82) is 0 Å². The molecule has 0 amide bonds. The van der Waals surface area contributed by atoms with Gasteiger partial charge in [0.25, 0.3) is 0 Å². The van der Waals surface area contributed by atoms with E-state index in [0.29, 0.717) is 12.1 Å². The Hall–Kier alpha value is -1.86. The van der Waals surface area contributed by atoms with Crippen molar-refractivity contribution in [2.45, 2.75) is 64.1 Å². The molecule has 1 saturated heterocycles.